The lowest BCUT2D eigenvalue weighted by Gasteiger charge is -2.30. The van der Waals surface area contributed by atoms with Crippen LogP contribution in [0.4, 0.5) is 0 Å². The largest absolute Gasteiger partial charge is 0.330 e. The van der Waals surface area contributed by atoms with Gasteiger partial charge in [0.25, 0.3) is 0 Å². The van der Waals surface area contributed by atoms with Crippen LogP contribution in [-0.2, 0) is 0 Å². The van der Waals surface area contributed by atoms with Gasteiger partial charge in [0.05, 0.1) is 0 Å². The first kappa shape index (κ1) is 18.4. The molecular formula is C15H32N2O2. The summed E-state index contributed by atoms with van der Waals surface area (Å²) in [6, 6.07) is 0. The van der Waals surface area contributed by atoms with Gasteiger partial charge in [0.2, 0.25) is 6.54 Å². The van der Waals surface area contributed by atoms with Gasteiger partial charge in [-0.3, -0.25) is 10.1 Å². The van der Waals surface area contributed by atoms with Gasteiger partial charge in [-0.15, -0.1) is 0 Å². The molecule has 0 amide bonds. The number of hydrogen-bond acceptors (Lipinski definition) is 3. The van der Waals surface area contributed by atoms with Crippen LogP contribution in [0, 0.1) is 20.9 Å². The van der Waals surface area contributed by atoms with E-state index in [-0.39, 0.29) is 22.3 Å². The van der Waals surface area contributed by atoms with Crippen molar-refractivity contribution in [3.63, 3.8) is 0 Å². The van der Waals surface area contributed by atoms with Crippen LogP contribution in [0.25, 0.3) is 0 Å². The van der Waals surface area contributed by atoms with E-state index in [2.05, 4.69) is 27.7 Å². The third-order valence-electron chi connectivity index (χ3n) is 4.22. The number of nitro groups is 1. The van der Waals surface area contributed by atoms with Crippen molar-refractivity contribution in [2.45, 2.75) is 72.6 Å². The fourth-order valence-corrected chi connectivity index (χ4v) is 2.44. The molecule has 0 aliphatic rings. The molecule has 0 radical (unpaired) electrons. The van der Waals surface area contributed by atoms with Gasteiger partial charge < -0.3 is 5.73 Å². The first-order valence-electron chi connectivity index (χ1n) is 7.56. The van der Waals surface area contributed by atoms with E-state index in [4.69, 9.17) is 5.73 Å². The number of unbranched alkanes of at least 4 members (excludes halogenated alkanes) is 1. The molecule has 0 bridgehead atoms. The average molecular weight is 272 g/mol. The quantitative estimate of drug-likeness (QED) is 0.456. The normalized spacial score (nSPS) is 15.2. The molecule has 0 aliphatic heterocycles. The van der Waals surface area contributed by atoms with Crippen LogP contribution in [0.1, 0.15) is 72.6 Å². The summed E-state index contributed by atoms with van der Waals surface area (Å²) in [5, 5.41) is 10.6. The summed E-state index contributed by atoms with van der Waals surface area (Å²) in [5.74, 6) is 0. The minimum atomic E-state index is -0.186. The highest BCUT2D eigenvalue weighted by molar-refractivity contribution is 4.77. The Kier molecular flexibility index (Phi) is 8.23. The molecule has 1 atom stereocenters. The van der Waals surface area contributed by atoms with E-state index in [9.17, 15) is 10.1 Å². The minimum Gasteiger partial charge on any atom is -0.330 e. The van der Waals surface area contributed by atoms with E-state index in [1.54, 1.807) is 0 Å². The second-order valence-electron chi connectivity index (χ2n) is 6.94. The van der Waals surface area contributed by atoms with E-state index in [1.165, 1.54) is 0 Å². The minimum absolute atomic E-state index is 0.0977. The number of nitrogens with zero attached hydrogens (tertiary/aromatic N) is 1. The Balaban J connectivity index is 4.28. The Bertz CT molecular complexity index is 267. The maximum absolute atomic E-state index is 10.6. The van der Waals surface area contributed by atoms with Crippen LogP contribution in [0.5, 0.6) is 0 Å². The Morgan fingerprint density at radius 1 is 1.05 bits per heavy atom. The Morgan fingerprint density at radius 2 is 1.63 bits per heavy atom. The third-order valence-corrected chi connectivity index (χ3v) is 4.22. The van der Waals surface area contributed by atoms with Crippen LogP contribution in [0.15, 0.2) is 0 Å². The van der Waals surface area contributed by atoms with Crippen molar-refractivity contribution < 1.29 is 4.92 Å². The summed E-state index contributed by atoms with van der Waals surface area (Å²) < 4.78 is 0. The summed E-state index contributed by atoms with van der Waals surface area (Å²) >= 11 is 0. The van der Waals surface area contributed by atoms with E-state index in [0.29, 0.717) is 13.0 Å². The molecule has 4 nitrogen and oxygen atoms in total. The van der Waals surface area contributed by atoms with Crippen LogP contribution in [0.2, 0.25) is 0 Å². The van der Waals surface area contributed by atoms with Gasteiger partial charge in [-0.1, -0.05) is 47.0 Å². The number of nitrogens with two attached hydrogens (primary N) is 1. The van der Waals surface area contributed by atoms with Gasteiger partial charge in [-0.25, -0.2) is 0 Å². The van der Waals surface area contributed by atoms with E-state index in [1.807, 2.05) is 0 Å². The zero-order valence-corrected chi connectivity index (χ0v) is 13.2. The van der Waals surface area contributed by atoms with Crippen molar-refractivity contribution in [1.82, 2.24) is 0 Å². The summed E-state index contributed by atoms with van der Waals surface area (Å²) in [6.07, 6.45) is 7.40. The summed E-state index contributed by atoms with van der Waals surface area (Å²) in [7, 11) is 0. The van der Waals surface area contributed by atoms with Gasteiger partial charge in [0.1, 0.15) is 0 Å². The highest BCUT2D eigenvalue weighted by atomic mass is 16.6. The Labute approximate surface area is 118 Å². The van der Waals surface area contributed by atoms with E-state index >= 15 is 0 Å². The lowest BCUT2D eigenvalue weighted by atomic mass is 9.75. The fourth-order valence-electron chi connectivity index (χ4n) is 2.44. The highest BCUT2D eigenvalue weighted by Crippen LogP contribution is 2.36. The maximum atomic E-state index is 10.6. The molecule has 114 valence electrons. The fraction of sp³-hybridized carbons (Fsp3) is 1.00. The topological polar surface area (TPSA) is 69.2 Å². The smallest absolute Gasteiger partial charge is 0.204 e. The molecule has 0 spiro atoms. The van der Waals surface area contributed by atoms with Gasteiger partial charge in [-0.05, 0) is 36.6 Å². The van der Waals surface area contributed by atoms with Crippen molar-refractivity contribution in [2.75, 3.05) is 13.1 Å². The monoisotopic (exact) mass is 272 g/mol. The second kappa shape index (κ2) is 8.51. The van der Waals surface area contributed by atoms with Gasteiger partial charge >= 0.3 is 0 Å². The van der Waals surface area contributed by atoms with Crippen LogP contribution >= 0.6 is 0 Å². The summed E-state index contributed by atoms with van der Waals surface area (Å²) in [6.45, 7) is 9.56. The molecular weight excluding hydrogens is 240 g/mol. The van der Waals surface area contributed by atoms with Crippen molar-refractivity contribution in [1.29, 1.82) is 0 Å². The molecule has 0 aromatic carbocycles. The molecule has 2 N–H and O–H groups in total. The molecule has 19 heavy (non-hydrogen) atoms. The lowest BCUT2D eigenvalue weighted by molar-refractivity contribution is -0.483. The Morgan fingerprint density at radius 3 is 2.11 bits per heavy atom. The van der Waals surface area contributed by atoms with Crippen molar-refractivity contribution in [3.8, 4) is 0 Å². The molecule has 0 aliphatic carbocycles. The SMILES string of the molecule is CCCCC(C)(CCCC(C)(C)CN)CC[N+](=O)[O-]. The van der Waals surface area contributed by atoms with Gasteiger partial charge in [0.15, 0.2) is 0 Å². The first-order valence-corrected chi connectivity index (χ1v) is 7.56. The predicted octanol–water partition coefficient (Wildman–Crippen LogP) is 4.00. The molecule has 0 aromatic rings. The maximum Gasteiger partial charge on any atom is 0.204 e. The second-order valence-corrected chi connectivity index (χ2v) is 6.94. The predicted molar refractivity (Wildman–Crippen MR) is 80.8 cm³/mol. The van der Waals surface area contributed by atoms with Crippen LogP contribution < -0.4 is 5.73 Å². The van der Waals surface area contributed by atoms with Gasteiger partial charge in [0, 0.05) is 11.3 Å². The molecule has 0 aromatic heterocycles. The standard InChI is InChI=1S/C15H32N2O2/c1-5-6-9-15(4,11-12-17(18)19)10-7-8-14(2,3)13-16/h5-13,16H2,1-4H3. The first-order chi connectivity index (χ1) is 8.74. The number of rotatable bonds is 11. The lowest BCUT2D eigenvalue weighted by Crippen LogP contribution is -2.25. The van der Waals surface area contributed by atoms with E-state index < -0.39 is 0 Å². The van der Waals surface area contributed by atoms with Crippen LogP contribution in [-0.4, -0.2) is 18.0 Å². The zero-order chi connectivity index (χ0) is 14.9. The number of hydrogen-bond donors (Lipinski definition) is 1. The highest BCUT2D eigenvalue weighted by Gasteiger charge is 2.26. The molecule has 0 saturated heterocycles. The van der Waals surface area contributed by atoms with Gasteiger partial charge in [-0.2, -0.15) is 0 Å². The molecule has 0 fully saturated rings. The molecule has 0 heterocycles. The van der Waals surface area contributed by atoms with Crippen molar-refractivity contribution in [3.05, 3.63) is 10.1 Å². The average Bonchev–Trinajstić information content (AvgIpc) is 2.34. The molecule has 0 saturated carbocycles. The summed E-state index contributed by atoms with van der Waals surface area (Å²) in [4.78, 5) is 10.4. The molecule has 1 unspecified atom stereocenters. The van der Waals surface area contributed by atoms with E-state index in [0.717, 1.165) is 38.5 Å². The van der Waals surface area contributed by atoms with Crippen molar-refractivity contribution in [2.24, 2.45) is 16.6 Å². The Hall–Kier alpha value is -0.640. The summed E-state index contributed by atoms with van der Waals surface area (Å²) in [5.41, 5.74) is 6.05. The van der Waals surface area contributed by atoms with Crippen molar-refractivity contribution >= 4 is 0 Å². The van der Waals surface area contributed by atoms with Crippen LogP contribution in [0.3, 0.4) is 0 Å². The zero-order valence-electron chi connectivity index (χ0n) is 13.2. The molecule has 0 rings (SSSR count). The molecule has 4 heteroatoms. The third kappa shape index (κ3) is 8.98.